The van der Waals surface area contributed by atoms with Crippen LogP contribution in [-0.2, 0) is 7.05 Å². The van der Waals surface area contributed by atoms with Crippen molar-refractivity contribution in [1.29, 1.82) is 0 Å². The second-order valence-corrected chi connectivity index (χ2v) is 8.48. The number of benzene rings is 2. The van der Waals surface area contributed by atoms with E-state index in [1.165, 1.54) is 0 Å². The molecule has 0 aliphatic carbocycles. The number of hydrogen-bond acceptors (Lipinski definition) is 5. The van der Waals surface area contributed by atoms with Gasteiger partial charge in [-0.15, -0.1) is 0 Å². The molecular weight excluding hydrogens is 402 g/mol. The minimum atomic E-state index is -0.184. The number of amides is 1. The van der Waals surface area contributed by atoms with Crippen LogP contribution in [0.3, 0.4) is 0 Å². The molecule has 0 bridgehead atoms. The van der Waals surface area contributed by atoms with E-state index in [4.69, 9.17) is 0 Å². The van der Waals surface area contributed by atoms with Gasteiger partial charge in [-0.2, -0.15) is 5.10 Å². The van der Waals surface area contributed by atoms with Gasteiger partial charge in [-0.3, -0.25) is 9.89 Å². The Balaban J connectivity index is 1.23. The topological polar surface area (TPSA) is 90.9 Å². The van der Waals surface area contributed by atoms with Gasteiger partial charge in [-0.05, 0) is 69.4 Å². The molecule has 5 rings (SSSR count). The van der Waals surface area contributed by atoms with E-state index in [9.17, 15) is 4.79 Å². The Morgan fingerprint density at radius 1 is 1.06 bits per heavy atom. The third-order valence-corrected chi connectivity index (χ3v) is 6.09. The Hall–Kier alpha value is -3.65. The van der Waals surface area contributed by atoms with E-state index in [0.717, 1.165) is 53.9 Å². The van der Waals surface area contributed by atoms with E-state index >= 15 is 0 Å². The van der Waals surface area contributed by atoms with E-state index in [1.54, 1.807) is 6.33 Å². The normalized spacial score (nSPS) is 15.2. The van der Waals surface area contributed by atoms with E-state index in [-0.39, 0.29) is 5.91 Å². The summed E-state index contributed by atoms with van der Waals surface area (Å²) in [5.74, 6) is 0.305. The molecule has 0 unspecified atom stereocenters. The molecule has 3 heterocycles. The highest BCUT2D eigenvalue weighted by Gasteiger charge is 2.16. The number of fused-ring (bicyclic) bond motifs is 1. The van der Waals surface area contributed by atoms with E-state index in [1.807, 2.05) is 54.1 Å². The number of nitrogens with zero attached hydrogens (tertiary/aromatic N) is 4. The first-order valence-corrected chi connectivity index (χ1v) is 10.9. The molecule has 32 heavy (non-hydrogen) atoms. The number of anilines is 2. The maximum atomic E-state index is 12.7. The van der Waals surface area contributed by atoms with Crippen molar-refractivity contribution in [3.8, 4) is 11.3 Å². The molecule has 0 spiro atoms. The number of nitrogens with one attached hydrogen (secondary N) is 3. The molecule has 164 valence electrons. The summed E-state index contributed by atoms with van der Waals surface area (Å²) in [6, 6.07) is 16.0. The van der Waals surface area contributed by atoms with Crippen molar-refractivity contribution in [3.05, 3.63) is 60.4 Å². The number of likely N-dealkylation sites (tertiary alicyclic amines) is 1. The molecule has 1 saturated heterocycles. The van der Waals surface area contributed by atoms with Crippen LogP contribution in [0.15, 0.2) is 54.9 Å². The lowest BCUT2D eigenvalue weighted by Gasteiger charge is -2.30. The summed E-state index contributed by atoms with van der Waals surface area (Å²) in [5, 5.41) is 13.7. The smallest absolute Gasteiger partial charge is 0.256 e. The molecule has 4 aromatic rings. The fraction of sp³-hybridized carbons (Fsp3) is 0.292. The Bertz CT molecular complexity index is 1230. The minimum Gasteiger partial charge on any atom is -0.382 e. The molecule has 3 N–H and O–H groups in total. The number of carbonyl (C=O) groups excluding carboxylic acids is 1. The van der Waals surface area contributed by atoms with Gasteiger partial charge >= 0.3 is 0 Å². The first-order chi connectivity index (χ1) is 15.5. The van der Waals surface area contributed by atoms with Gasteiger partial charge in [0.2, 0.25) is 0 Å². The Morgan fingerprint density at radius 3 is 2.62 bits per heavy atom. The third-order valence-electron chi connectivity index (χ3n) is 6.09. The summed E-state index contributed by atoms with van der Waals surface area (Å²) in [4.78, 5) is 19.4. The second kappa shape index (κ2) is 8.47. The summed E-state index contributed by atoms with van der Waals surface area (Å²) in [5.41, 5.74) is 5.44. The summed E-state index contributed by atoms with van der Waals surface area (Å²) < 4.78 is 1.98. The Kier molecular flexibility index (Phi) is 5.36. The molecule has 1 aliphatic rings. The molecular formula is C24H27N7O. The van der Waals surface area contributed by atoms with Crippen molar-refractivity contribution in [1.82, 2.24) is 24.6 Å². The summed E-state index contributed by atoms with van der Waals surface area (Å²) in [6.07, 6.45) is 4.06. The maximum absolute atomic E-state index is 12.7. The van der Waals surface area contributed by atoms with Crippen LogP contribution in [0.25, 0.3) is 22.3 Å². The van der Waals surface area contributed by atoms with Crippen LogP contribution in [0.4, 0.5) is 11.5 Å². The van der Waals surface area contributed by atoms with Gasteiger partial charge in [0, 0.05) is 36.0 Å². The predicted molar refractivity (Wildman–Crippen MR) is 127 cm³/mol. The molecule has 0 radical (unpaired) electrons. The minimum absolute atomic E-state index is 0.184. The van der Waals surface area contributed by atoms with Gasteiger partial charge in [0.25, 0.3) is 5.91 Å². The molecule has 1 fully saturated rings. The average molecular weight is 430 g/mol. The molecule has 1 aliphatic heterocycles. The number of H-pyrrole nitrogens is 1. The largest absolute Gasteiger partial charge is 0.382 e. The number of aromatic nitrogens is 4. The zero-order chi connectivity index (χ0) is 22.1. The van der Waals surface area contributed by atoms with Crippen LogP contribution in [0.1, 0.15) is 23.2 Å². The maximum Gasteiger partial charge on any atom is 0.256 e. The predicted octanol–water partition coefficient (Wildman–Crippen LogP) is 3.72. The summed E-state index contributed by atoms with van der Waals surface area (Å²) >= 11 is 0. The highest BCUT2D eigenvalue weighted by Crippen LogP contribution is 2.24. The lowest BCUT2D eigenvalue weighted by atomic mass is 10.0. The SMILES string of the molecule is CN1CCC(Nc2ccc(C(=O)Nc3cc(-c4ccc5ncn(C)c5c4)[nH]n3)cc2)CC1. The van der Waals surface area contributed by atoms with Gasteiger partial charge in [-0.25, -0.2) is 4.98 Å². The van der Waals surface area contributed by atoms with E-state index < -0.39 is 0 Å². The lowest BCUT2D eigenvalue weighted by Crippen LogP contribution is -2.36. The van der Waals surface area contributed by atoms with E-state index in [2.05, 4.69) is 43.8 Å². The Morgan fingerprint density at radius 2 is 1.84 bits per heavy atom. The average Bonchev–Trinajstić information content (AvgIpc) is 3.42. The molecule has 8 heteroatoms. The van der Waals surface area contributed by atoms with Gasteiger partial charge < -0.3 is 20.1 Å². The van der Waals surface area contributed by atoms with Gasteiger partial charge in [0.05, 0.1) is 23.1 Å². The number of aromatic amines is 1. The third kappa shape index (κ3) is 4.22. The summed E-state index contributed by atoms with van der Waals surface area (Å²) in [7, 11) is 4.12. The fourth-order valence-electron chi connectivity index (χ4n) is 4.12. The molecule has 2 aromatic heterocycles. The molecule has 8 nitrogen and oxygen atoms in total. The number of rotatable bonds is 5. The number of piperidine rings is 1. The van der Waals surface area contributed by atoms with Crippen LogP contribution >= 0.6 is 0 Å². The van der Waals surface area contributed by atoms with Gasteiger partial charge in [-0.1, -0.05) is 6.07 Å². The van der Waals surface area contributed by atoms with Gasteiger partial charge in [0.15, 0.2) is 5.82 Å². The zero-order valence-electron chi connectivity index (χ0n) is 18.3. The standard InChI is InChI=1S/C24H27N7O/c1-30-11-9-19(10-12-30)26-18-6-3-16(4-7-18)24(32)27-23-14-21(28-29-23)17-5-8-20-22(13-17)31(2)15-25-20/h3-8,13-15,19,26H,9-12H2,1-2H3,(H2,27,28,29,32). The Labute approximate surface area is 186 Å². The van der Waals surface area contributed by atoms with Crippen molar-refractivity contribution >= 4 is 28.4 Å². The number of aryl methyl sites for hydroxylation is 1. The van der Waals surface area contributed by atoms with Crippen molar-refractivity contribution in [2.45, 2.75) is 18.9 Å². The number of imidazole rings is 1. The molecule has 1 amide bonds. The first kappa shape index (κ1) is 20.3. The lowest BCUT2D eigenvalue weighted by molar-refractivity contribution is 0.102. The van der Waals surface area contributed by atoms with Crippen LogP contribution in [0.2, 0.25) is 0 Å². The van der Waals surface area contributed by atoms with E-state index in [0.29, 0.717) is 17.4 Å². The van der Waals surface area contributed by atoms with Crippen LogP contribution in [0.5, 0.6) is 0 Å². The molecule has 2 aromatic carbocycles. The highest BCUT2D eigenvalue weighted by atomic mass is 16.1. The quantitative estimate of drug-likeness (QED) is 0.450. The van der Waals surface area contributed by atoms with Gasteiger partial charge in [0.1, 0.15) is 0 Å². The van der Waals surface area contributed by atoms with Crippen LogP contribution < -0.4 is 10.6 Å². The highest BCUT2D eigenvalue weighted by molar-refractivity contribution is 6.04. The fourth-order valence-corrected chi connectivity index (χ4v) is 4.12. The zero-order valence-corrected chi connectivity index (χ0v) is 18.3. The number of carbonyl (C=O) groups is 1. The van der Waals surface area contributed by atoms with Crippen molar-refractivity contribution in [2.24, 2.45) is 7.05 Å². The van der Waals surface area contributed by atoms with Crippen molar-refractivity contribution in [2.75, 3.05) is 30.8 Å². The molecule has 0 atom stereocenters. The molecule has 0 saturated carbocycles. The van der Waals surface area contributed by atoms with Crippen molar-refractivity contribution < 1.29 is 4.79 Å². The summed E-state index contributed by atoms with van der Waals surface area (Å²) in [6.45, 7) is 2.22. The van der Waals surface area contributed by atoms with Crippen molar-refractivity contribution in [3.63, 3.8) is 0 Å². The second-order valence-electron chi connectivity index (χ2n) is 8.48. The number of hydrogen-bond donors (Lipinski definition) is 3. The van der Waals surface area contributed by atoms with Crippen LogP contribution in [0, 0.1) is 0 Å². The van der Waals surface area contributed by atoms with Crippen LogP contribution in [-0.4, -0.2) is 56.7 Å². The monoisotopic (exact) mass is 429 g/mol. The first-order valence-electron chi connectivity index (χ1n) is 10.9.